The number of nitrogens with one attached hydrogen (secondary N) is 1. The van der Waals surface area contributed by atoms with Crippen molar-refractivity contribution in [2.75, 3.05) is 13.6 Å². The Balaban J connectivity index is 0.000000368. The zero-order chi connectivity index (χ0) is 27.6. The van der Waals surface area contributed by atoms with E-state index < -0.39 is 11.9 Å². The predicted octanol–water partition coefficient (Wildman–Crippen LogP) is 4.59. The molecule has 8 nitrogen and oxygen atoms in total. The number of aromatic nitrogens is 1. The van der Waals surface area contributed by atoms with Crippen LogP contribution < -0.4 is 5.32 Å². The van der Waals surface area contributed by atoms with E-state index in [9.17, 15) is 14.4 Å². The van der Waals surface area contributed by atoms with E-state index in [1.165, 1.54) is 28.5 Å². The molecule has 2 heterocycles. The minimum Gasteiger partial charge on any atom is -0.478 e. The minimum absolute atomic E-state index is 0.0978. The van der Waals surface area contributed by atoms with Crippen LogP contribution in [-0.2, 0) is 20.8 Å². The predicted molar refractivity (Wildman–Crippen MR) is 147 cm³/mol. The number of carboxylic acids is 2. The second-order valence-corrected chi connectivity index (χ2v) is 11.4. The van der Waals surface area contributed by atoms with Crippen molar-refractivity contribution < 1.29 is 24.6 Å². The highest BCUT2D eigenvalue weighted by Crippen LogP contribution is 2.45. The average molecular weight is 524 g/mol. The molecule has 2 aromatic rings. The minimum atomic E-state index is -1.26. The van der Waals surface area contributed by atoms with Crippen LogP contribution in [0.5, 0.6) is 0 Å². The molecule has 5 rings (SSSR count). The van der Waals surface area contributed by atoms with Crippen molar-refractivity contribution in [3.63, 3.8) is 0 Å². The van der Waals surface area contributed by atoms with E-state index in [1.807, 2.05) is 0 Å². The van der Waals surface area contributed by atoms with Crippen LogP contribution in [0.15, 0.2) is 36.5 Å². The average Bonchev–Trinajstić information content (AvgIpc) is 3.47. The highest BCUT2D eigenvalue weighted by molar-refractivity contribution is 5.90. The first-order chi connectivity index (χ1) is 18.1. The summed E-state index contributed by atoms with van der Waals surface area (Å²) in [5.41, 5.74) is 4.35. The molecular weight excluding hydrogens is 482 g/mol. The lowest BCUT2D eigenvalue weighted by molar-refractivity contribution is -0.134. The fourth-order valence-electron chi connectivity index (χ4n) is 6.63. The van der Waals surface area contributed by atoms with Crippen LogP contribution in [0.4, 0.5) is 0 Å². The number of carbonyl (C=O) groups is 3. The van der Waals surface area contributed by atoms with Crippen molar-refractivity contribution in [2.45, 2.75) is 83.3 Å². The Bertz CT molecular complexity index is 1200. The molecular formula is C30H41N3O5. The van der Waals surface area contributed by atoms with E-state index >= 15 is 0 Å². The van der Waals surface area contributed by atoms with Crippen LogP contribution in [0.3, 0.4) is 0 Å². The molecule has 0 radical (unpaired) electrons. The maximum absolute atomic E-state index is 13.2. The van der Waals surface area contributed by atoms with Crippen LogP contribution in [0, 0.1) is 11.8 Å². The van der Waals surface area contributed by atoms with Crippen LogP contribution in [0.2, 0.25) is 0 Å². The number of fused-ring (bicyclic) bond motifs is 2. The summed E-state index contributed by atoms with van der Waals surface area (Å²) < 4.78 is 2.48. The van der Waals surface area contributed by atoms with Crippen molar-refractivity contribution in [1.29, 1.82) is 0 Å². The summed E-state index contributed by atoms with van der Waals surface area (Å²) in [7, 11) is 2.23. The van der Waals surface area contributed by atoms with Gasteiger partial charge in [-0.05, 0) is 75.6 Å². The SMILES string of the molecule is CCC(C)n1cc2c3c(cccc31)C1C[C@@H](C(=O)NC3CCC(C)C3)CN(C)[C@@H]1C2.O=C(O)/C=C\C(=O)O. The van der Waals surface area contributed by atoms with Gasteiger partial charge < -0.3 is 25.0 Å². The number of hydrogen-bond donors (Lipinski definition) is 3. The molecule has 8 heteroatoms. The van der Waals surface area contributed by atoms with Crippen molar-refractivity contribution in [3.05, 3.63) is 47.7 Å². The number of carboxylic acid groups (broad SMARTS) is 2. The monoisotopic (exact) mass is 523 g/mol. The summed E-state index contributed by atoms with van der Waals surface area (Å²) in [5, 5.41) is 20.5. The van der Waals surface area contributed by atoms with Crippen molar-refractivity contribution in [1.82, 2.24) is 14.8 Å². The number of aliphatic carboxylic acids is 2. The first-order valence-corrected chi connectivity index (χ1v) is 13.9. The molecule has 3 N–H and O–H groups in total. The number of rotatable bonds is 6. The first-order valence-electron chi connectivity index (χ1n) is 13.9. The standard InChI is InChI=1S/C26H37N3O.C4H4O4/c1-5-17(3)29-15-18-13-24-22(21-7-6-8-23(29)25(18)21)12-19(14-28(24)4)26(30)27-20-10-9-16(2)11-20;5-3(6)1-2-4(7)8/h6-8,15-17,19-20,22,24H,5,9-14H2,1-4H3,(H,27,30);1-2H,(H,5,6)(H,7,8)/b;2-1-/t16?,17?,19-,20?,22?,24-;/m1./s1. The van der Waals surface area contributed by atoms with Gasteiger partial charge in [-0.2, -0.15) is 0 Å². The summed E-state index contributed by atoms with van der Waals surface area (Å²) >= 11 is 0. The highest BCUT2D eigenvalue weighted by Gasteiger charge is 2.42. The normalized spacial score (nSPS) is 27.4. The molecule has 1 aliphatic heterocycles. The number of carbonyl (C=O) groups excluding carboxylic acids is 1. The number of likely N-dealkylation sites (N-methyl/N-ethyl adjacent to an activating group) is 1. The van der Waals surface area contributed by atoms with E-state index in [1.54, 1.807) is 0 Å². The molecule has 1 amide bonds. The second-order valence-electron chi connectivity index (χ2n) is 11.4. The summed E-state index contributed by atoms with van der Waals surface area (Å²) in [4.78, 5) is 34.7. The van der Waals surface area contributed by atoms with Crippen LogP contribution >= 0.6 is 0 Å². The number of amides is 1. The van der Waals surface area contributed by atoms with E-state index in [-0.39, 0.29) is 11.8 Å². The Morgan fingerprint density at radius 3 is 2.45 bits per heavy atom. The molecule has 0 spiro atoms. The van der Waals surface area contributed by atoms with E-state index in [0.29, 0.717) is 36.2 Å². The zero-order valence-corrected chi connectivity index (χ0v) is 22.9. The molecule has 4 unspecified atom stereocenters. The number of hydrogen-bond acceptors (Lipinski definition) is 4. The van der Waals surface area contributed by atoms with Gasteiger partial charge in [0.15, 0.2) is 0 Å². The molecule has 1 aromatic carbocycles. The lowest BCUT2D eigenvalue weighted by Crippen LogP contribution is -2.52. The van der Waals surface area contributed by atoms with Gasteiger partial charge in [0.1, 0.15) is 0 Å². The smallest absolute Gasteiger partial charge is 0.328 e. The van der Waals surface area contributed by atoms with Gasteiger partial charge in [-0.1, -0.05) is 26.0 Å². The topological polar surface area (TPSA) is 112 Å². The van der Waals surface area contributed by atoms with Crippen LogP contribution in [0.25, 0.3) is 10.9 Å². The van der Waals surface area contributed by atoms with Gasteiger partial charge in [-0.15, -0.1) is 0 Å². The Labute approximate surface area is 224 Å². The number of likely N-dealkylation sites (tertiary alicyclic amines) is 1. The number of benzene rings is 1. The molecule has 2 aliphatic carbocycles. The lowest BCUT2D eigenvalue weighted by atomic mass is 9.72. The van der Waals surface area contributed by atoms with Crippen molar-refractivity contribution in [3.8, 4) is 0 Å². The Hall–Kier alpha value is -3.13. The number of nitrogens with zero attached hydrogens (tertiary/aromatic N) is 2. The molecule has 1 aromatic heterocycles. The third-order valence-electron chi connectivity index (χ3n) is 8.72. The van der Waals surface area contributed by atoms with Gasteiger partial charge in [-0.3, -0.25) is 4.79 Å². The fourth-order valence-corrected chi connectivity index (χ4v) is 6.63. The Kier molecular flexibility index (Phi) is 8.61. The third kappa shape index (κ3) is 5.96. The molecule has 1 saturated carbocycles. The molecule has 2 fully saturated rings. The summed E-state index contributed by atoms with van der Waals surface area (Å²) in [6.45, 7) is 7.77. The molecule has 206 valence electrons. The van der Waals surface area contributed by atoms with Gasteiger partial charge in [0.25, 0.3) is 0 Å². The summed E-state index contributed by atoms with van der Waals surface area (Å²) in [5.74, 6) is -0.932. The first kappa shape index (κ1) is 27.9. The van der Waals surface area contributed by atoms with E-state index in [4.69, 9.17) is 10.2 Å². The Morgan fingerprint density at radius 1 is 1.13 bits per heavy atom. The fraction of sp³-hybridized carbons (Fsp3) is 0.567. The van der Waals surface area contributed by atoms with E-state index in [0.717, 1.165) is 44.6 Å². The molecule has 6 atom stereocenters. The van der Waals surface area contributed by atoms with Gasteiger partial charge in [0.05, 0.1) is 5.92 Å². The zero-order valence-electron chi connectivity index (χ0n) is 22.9. The quantitative estimate of drug-likeness (QED) is 0.478. The molecule has 3 aliphatic rings. The largest absolute Gasteiger partial charge is 0.478 e. The number of piperidine rings is 1. The van der Waals surface area contributed by atoms with Gasteiger partial charge in [0, 0.05) is 59.8 Å². The van der Waals surface area contributed by atoms with Crippen molar-refractivity contribution >= 4 is 28.7 Å². The van der Waals surface area contributed by atoms with Gasteiger partial charge >= 0.3 is 11.9 Å². The third-order valence-corrected chi connectivity index (χ3v) is 8.72. The molecule has 0 bridgehead atoms. The summed E-state index contributed by atoms with van der Waals surface area (Å²) in [6, 6.07) is 8.25. The van der Waals surface area contributed by atoms with Crippen molar-refractivity contribution in [2.24, 2.45) is 11.8 Å². The maximum Gasteiger partial charge on any atom is 0.328 e. The second kappa shape index (κ2) is 11.7. The lowest BCUT2D eigenvalue weighted by Gasteiger charge is -2.45. The van der Waals surface area contributed by atoms with Gasteiger partial charge in [0.2, 0.25) is 5.91 Å². The summed E-state index contributed by atoms with van der Waals surface area (Å²) in [6.07, 6.45) is 10.3. The van der Waals surface area contributed by atoms with Gasteiger partial charge in [-0.25, -0.2) is 9.59 Å². The molecule has 1 saturated heterocycles. The van der Waals surface area contributed by atoms with Crippen LogP contribution in [0.1, 0.15) is 76.0 Å². The Morgan fingerprint density at radius 2 is 1.84 bits per heavy atom. The highest BCUT2D eigenvalue weighted by atomic mass is 16.4. The van der Waals surface area contributed by atoms with E-state index in [2.05, 4.69) is 67.0 Å². The maximum atomic E-state index is 13.2. The van der Waals surface area contributed by atoms with Crippen LogP contribution in [-0.4, -0.2) is 63.2 Å². The molecule has 38 heavy (non-hydrogen) atoms.